The molecule has 0 aliphatic rings. The van der Waals surface area contributed by atoms with Crippen molar-refractivity contribution in [2.45, 2.75) is 6.55 Å². The van der Waals surface area contributed by atoms with Gasteiger partial charge in [-0.2, -0.15) is 23.7 Å². The summed E-state index contributed by atoms with van der Waals surface area (Å²) in [7, 11) is 0. The zero-order valence-electron chi connectivity index (χ0n) is 11.7. The molecule has 10 heteroatoms. The van der Waals surface area contributed by atoms with Crippen LogP contribution in [0.5, 0.6) is 0 Å². The first-order chi connectivity index (χ1) is 11.6. The number of benzene rings is 1. The largest absolute Gasteiger partial charge is 0.333 e. The molecule has 7 nitrogen and oxygen atoms in total. The minimum atomic E-state index is -2.75. The van der Waals surface area contributed by atoms with Crippen molar-refractivity contribution < 1.29 is 8.78 Å². The van der Waals surface area contributed by atoms with Crippen LogP contribution in [0.15, 0.2) is 30.6 Å². The van der Waals surface area contributed by atoms with Gasteiger partial charge in [-0.1, -0.05) is 6.07 Å². The van der Waals surface area contributed by atoms with Crippen LogP contribution in [0.1, 0.15) is 12.1 Å². The number of alkyl halides is 2. The maximum Gasteiger partial charge on any atom is 0.333 e. The number of hydrogen-bond donors (Lipinski definition) is 0. The number of nitriles is 1. The first kappa shape index (κ1) is 14.5. The summed E-state index contributed by atoms with van der Waals surface area (Å²) in [4.78, 5) is 8.52. The minimum absolute atomic E-state index is 0.0141. The Morgan fingerprint density at radius 1 is 1.25 bits per heavy atom. The van der Waals surface area contributed by atoms with E-state index in [1.54, 1.807) is 18.2 Å². The van der Waals surface area contributed by atoms with E-state index in [0.717, 1.165) is 6.20 Å². The third-order valence-electron chi connectivity index (χ3n) is 3.44. The molecular formula is C14H6ClF2N7. The summed E-state index contributed by atoms with van der Waals surface area (Å²) in [6.07, 6.45) is 2.38. The molecule has 3 heterocycles. The molecule has 4 aromatic rings. The third-order valence-corrected chi connectivity index (χ3v) is 3.69. The Morgan fingerprint density at radius 2 is 2.08 bits per heavy atom. The van der Waals surface area contributed by atoms with Crippen LogP contribution in [0.4, 0.5) is 8.78 Å². The maximum atomic E-state index is 12.6. The van der Waals surface area contributed by atoms with Gasteiger partial charge in [0.05, 0.1) is 22.8 Å². The molecule has 0 fully saturated rings. The zero-order chi connectivity index (χ0) is 16.8. The first-order valence-corrected chi connectivity index (χ1v) is 7.04. The van der Waals surface area contributed by atoms with Gasteiger partial charge in [-0.25, -0.2) is 14.6 Å². The molecule has 0 aliphatic carbocycles. The third kappa shape index (κ3) is 2.08. The van der Waals surface area contributed by atoms with Gasteiger partial charge in [-0.05, 0) is 23.7 Å². The Balaban J connectivity index is 1.99. The summed E-state index contributed by atoms with van der Waals surface area (Å²) in [5.41, 5.74) is 1.45. The number of hydrogen-bond acceptors (Lipinski definition) is 5. The lowest BCUT2D eigenvalue weighted by molar-refractivity contribution is 0.0566. The monoisotopic (exact) mass is 345 g/mol. The van der Waals surface area contributed by atoms with Gasteiger partial charge < -0.3 is 0 Å². The van der Waals surface area contributed by atoms with E-state index in [1.165, 1.54) is 10.7 Å². The van der Waals surface area contributed by atoms with Crippen LogP contribution < -0.4 is 0 Å². The number of para-hydroxylation sites is 1. The van der Waals surface area contributed by atoms with Crippen LogP contribution >= 0.6 is 11.6 Å². The van der Waals surface area contributed by atoms with E-state index in [2.05, 4.69) is 20.2 Å². The number of fused-ring (bicyclic) bond motifs is 3. The summed E-state index contributed by atoms with van der Waals surface area (Å²) >= 11 is 6.12. The van der Waals surface area contributed by atoms with Crippen LogP contribution in [0.25, 0.3) is 27.9 Å². The fourth-order valence-corrected chi connectivity index (χ4v) is 2.57. The molecule has 118 valence electrons. The van der Waals surface area contributed by atoms with Gasteiger partial charge in [0.25, 0.3) is 0 Å². The van der Waals surface area contributed by atoms with Crippen molar-refractivity contribution in [2.24, 2.45) is 0 Å². The van der Waals surface area contributed by atoms with Crippen molar-refractivity contribution in [3.63, 3.8) is 0 Å². The van der Waals surface area contributed by atoms with Gasteiger partial charge in [-0.15, -0.1) is 5.10 Å². The highest BCUT2D eigenvalue weighted by molar-refractivity contribution is 6.29. The summed E-state index contributed by atoms with van der Waals surface area (Å²) in [5, 5.41) is 17.5. The predicted octanol–water partition coefficient (Wildman–Crippen LogP) is 3.06. The standard InChI is InChI=1S/C14H6ClF2N7/c15-13-20-10-7(4-18)2-1-3-9(10)12-21-11(22-24(12)13)8-5-19-23(6-8)14(16)17/h1-3,5-6,14H. The van der Waals surface area contributed by atoms with Crippen LogP contribution in [0.3, 0.4) is 0 Å². The molecule has 0 amide bonds. The van der Waals surface area contributed by atoms with E-state index in [1.807, 2.05) is 6.07 Å². The molecule has 1 aromatic carbocycles. The zero-order valence-corrected chi connectivity index (χ0v) is 12.5. The topological polar surface area (TPSA) is 84.7 Å². The SMILES string of the molecule is N#Cc1cccc2c1nc(Cl)n1nc(-c3cnn(C(F)F)c3)nc21. The van der Waals surface area contributed by atoms with Gasteiger partial charge in [0.15, 0.2) is 11.5 Å². The summed E-state index contributed by atoms with van der Waals surface area (Å²) in [5.74, 6) is 0.181. The highest BCUT2D eigenvalue weighted by atomic mass is 35.5. The highest BCUT2D eigenvalue weighted by Crippen LogP contribution is 2.26. The Kier molecular flexibility index (Phi) is 3.14. The number of nitrogens with zero attached hydrogens (tertiary/aromatic N) is 7. The van der Waals surface area contributed by atoms with Crippen molar-refractivity contribution in [3.8, 4) is 17.5 Å². The molecule has 24 heavy (non-hydrogen) atoms. The Hall–Kier alpha value is -3.12. The molecule has 0 unspecified atom stereocenters. The molecule has 0 saturated heterocycles. The number of halogens is 3. The second-order valence-electron chi connectivity index (χ2n) is 4.85. The van der Waals surface area contributed by atoms with Crippen molar-refractivity contribution in [1.82, 2.24) is 29.4 Å². The van der Waals surface area contributed by atoms with E-state index in [4.69, 9.17) is 11.6 Å². The summed E-state index contributed by atoms with van der Waals surface area (Å²) in [6.45, 7) is -2.75. The lowest BCUT2D eigenvalue weighted by atomic mass is 10.1. The van der Waals surface area contributed by atoms with Gasteiger partial charge in [0.1, 0.15) is 6.07 Å². The van der Waals surface area contributed by atoms with Gasteiger partial charge in [-0.3, -0.25) is 0 Å². The van der Waals surface area contributed by atoms with E-state index < -0.39 is 6.55 Å². The molecule has 0 saturated carbocycles. The molecule has 0 bridgehead atoms. The Bertz CT molecular complexity index is 1130. The Morgan fingerprint density at radius 3 is 2.79 bits per heavy atom. The predicted molar refractivity (Wildman–Crippen MR) is 80.5 cm³/mol. The molecule has 4 rings (SSSR count). The van der Waals surface area contributed by atoms with Crippen LogP contribution in [-0.4, -0.2) is 29.4 Å². The van der Waals surface area contributed by atoms with Crippen LogP contribution in [0, 0.1) is 11.3 Å². The van der Waals surface area contributed by atoms with Crippen molar-refractivity contribution in [3.05, 3.63) is 41.4 Å². The molecule has 0 aliphatic heterocycles. The molecule has 0 atom stereocenters. The second-order valence-corrected chi connectivity index (χ2v) is 5.19. The lowest BCUT2D eigenvalue weighted by Gasteiger charge is -2.01. The fourth-order valence-electron chi connectivity index (χ4n) is 2.37. The van der Waals surface area contributed by atoms with E-state index >= 15 is 0 Å². The average Bonchev–Trinajstić information content (AvgIpc) is 3.22. The number of rotatable bonds is 2. The average molecular weight is 346 g/mol. The van der Waals surface area contributed by atoms with Gasteiger partial charge >= 0.3 is 6.55 Å². The molecule has 0 radical (unpaired) electrons. The van der Waals surface area contributed by atoms with Crippen LogP contribution in [0.2, 0.25) is 5.28 Å². The van der Waals surface area contributed by atoms with E-state index in [0.29, 0.717) is 32.4 Å². The summed E-state index contributed by atoms with van der Waals surface area (Å²) in [6, 6.07) is 7.08. The maximum absolute atomic E-state index is 12.6. The van der Waals surface area contributed by atoms with Crippen LogP contribution in [-0.2, 0) is 0 Å². The van der Waals surface area contributed by atoms with Gasteiger partial charge in [0.2, 0.25) is 5.28 Å². The molecule has 0 spiro atoms. The van der Waals surface area contributed by atoms with Gasteiger partial charge in [0, 0.05) is 11.6 Å². The normalized spacial score (nSPS) is 11.5. The highest BCUT2D eigenvalue weighted by Gasteiger charge is 2.17. The first-order valence-electron chi connectivity index (χ1n) is 6.66. The lowest BCUT2D eigenvalue weighted by Crippen LogP contribution is -1.97. The minimum Gasteiger partial charge on any atom is -0.216 e. The molecule has 3 aromatic heterocycles. The number of aromatic nitrogens is 6. The summed E-state index contributed by atoms with van der Waals surface area (Å²) < 4.78 is 27.1. The Labute approximate surface area is 137 Å². The fraction of sp³-hybridized carbons (Fsp3) is 0.0714. The van der Waals surface area contributed by atoms with Crippen molar-refractivity contribution in [1.29, 1.82) is 5.26 Å². The smallest absolute Gasteiger partial charge is 0.216 e. The molecule has 0 N–H and O–H groups in total. The van der Waals surface area contributed by atoms with Crippen molar-refractivity contribution >= 4 is 28.2 Å². The van der Waals surface area contributed by atoms with E-state index in [-0.39, 0.29) is 11.1 Å². The quantitative estimate of drug-likeness (QED) is 0.521. The van der Waals surface area contributed by atoms with Crippen molar-refractivity contribution in [2.75, 3.05) is 0 Å². The second kappa shape index (κ2) is 5.21. The van der Waals surface area contributed by atoms with E-state index in [9.17, 15) is 14.0 Å². The molecular weight excluding hydrogens is 340 g/mol.